The van der Waals surface area contributed by atoms with E-state index in [2.05, 4.69) is 5.32 Å². The number of hydrogen-bond acceptors (Lipinski definition) is 4. The average molecular weight is 269 g/mol. The van der Waals surface area contributed by atoms with Gasteiger partial charge in [0.1, 0.15) is 0 Å². The van der Waals surface area contributed by atoms with Gasteiger partial charge in [0.15, 0.2) is 0 Å². The molecular formula is C11H12FN3O2S. The van der Waals surface area contributed by atoms with E-state index in [-0.39, 0.29) is 0 Å². The number of H-pyrrole nitrogens is 1. The highest BCUT2D eigenvalue weighted by molar-refractivity contribution is 7.09. The first-order valence-corrected chi connectivity index (χ1v) is 6.27. The number of halogens is 1. The van der Waals surface area contributed by atoms with Crippen molar-refractivity contribution >= 4 is 11.3 Å². The fourth-order valence-electron chi connectivity index (χ4n) is 1.47. The molecule has 0 radical (unpaired) electrons. The Morgan fingerprint density at radius 1 is 1.44 bits per heavy atom. The Morgan fingerprint density at radius 2 is 2.28 bits per heavy atom. The monoisotopic (exact) mass is 269 g/mol. The van der Waals surface area contributed by atoms with Crippen LogP contribution in [0.25, 0.3) is 0 Å². The largest absolute Gasteiger partial charge is 0.328 e. The Kier molecular flexibility index (Phi) is 4.06. The molecule has 96 valence electrons. The van der Waals surface area contributed by atoms with Gasteiger partial charge >= 0.3 is 5.69 Å². The molecule has 0 unspecified atom stereocenters. The van der Waals surface area contributed by atoms with Crippen LogP contribution < -0.4 is 16.6 Å². The minimum atomic E-state index is -0.984. The van der Waals surface area contributed by atoms with E-state index in [1.165, 1.54) is 4.88 Å². The van der Waals surface area contributed by atoms with Gasteiger partial charge in [0.25, 0.3) is 5.56 Å². The van der Waals surface area contributed by atoms with E-state index < -0.39 is 17.1 Å². The lowest BCUT2D eigenvalue weighted by molar-refractivity contribution is 0.530. The van der Waals surface area contributed by atoms with Gasteiger partial charge in [-0.15, -0.1) is 11.3 Å². The maximum Gasteiger partial charge on any atom is 0.328 e. The molecule has 0 aliphatic rings. The molecule has 0 bridgehead atoms. The lowest BCUT2D eigenvalue weighted by Gasteiger charge is -2.05. The van der Waals surface area contributed by atoms with E-state index in [1.807, 2.05) is 22.5 Å². The van der Waals surface area contributed by atoms with Crippen LogP contribution in [-0.4, -0.2) is 16.1 Å². The second kappa shape index (κ2) is 5.74. The van der Waals surface area contributed by atoms with Crippen LogP contribution in [0.1, 0.15) is 4.88 Å². The van der Waals surface area contributed by atoms with Crippen molar-refractivity contribution in [2.24, 2.45) is 0 Å². The van der Waals surface area contributed by atoms with Crippen LogP contribution in [0.5, 0.6) is 0 Å². The van der Waals surface area contributed by atoms with Crippen LogP contribution in [0.4, 0.5) is 4.39 Å². The van der Waals surface area contributed by atoms with Crippen LogP contribution in [0.15, 0.2) is 33.3 Å². The van der Waals surface area contributed by atoms with Crippen molar-refractivity contribution in [1.82, 2.24) is 14.9 Å². The normalized spacial score (nSPS) is 10.7. The van der Waals surface area contributed by atoms with Gasteiger partial charge in [-0.05, 0) is 11.4 Å². The molecule has 5 nitrogen and oxygen atoms in total. The Morgan fingerprint density at radius 3 is 3.00 bits per heavy atom. The molecule has 2 aromatic rings. The zero-order chi connectivity index (χ0) is 13.0. The van der Waals surface area contributed by atoms with Crippen molar-refractivity contribution in [2.45, 2.75) is 13.1 Å². The standard InChI is InChI=1S/C11H12FN3O2S/c12-9-7-15(11(17)14-10(9)16)4-3-13-6-8-2-1-5-18-8/h1-2,5,7,13H,3-4,6H2,(H,14,16,17). The first-order chi connectivity index (χ1) is 8.66. The van der Waals surface area contributed by atoms with Crippen LogP contribution >= 0.6 is 11.3 Å². The van der Waals surface area contributed by atoms with Crippen LogP contribution in [0, 0.1) is 5.82 Å². The maximum atomic E-state index is 13.0. The van der Waals surface area contributed by atoms with E-state index >= 15 is 0 Å². The molecule has 7 heteroatoms. The Bertz CT molecular complexity index is 618. The number of nitrogens with zero attached hydrogens (tertiary/aromatic N) is 1. The zero-order valence-corrected chi connectivity index (χ0v) is 10.3. The van der Waals surface area contributed by atoms with E-state index in [4.69, 9.17) is 0 Å². The Hall–Kier alpha value is -1.73. The van der Waals surface area contributed by atoms with Gasteiger partial charge in [-0.3, -0.25) is 14.3 Å². The summed E-state index contributed by atoms with van der Waals surface area (Å²) in [5.74, 6) is -0.951. The van der Waals surface area contributed by atoms with Gasteiger partial charge in [-0.25, -0.2) is 4.79 Å². The fourth-order valence-corrected chi connectivity index (χ4v) is 2.15. The second-order valence-corrected chi connectivity index (χ2v) is 4.72. The van der Waals surface area contributed by atoms with Crippen molar-refractivity contribution < 1.29 is 4.39 Å². The molecule has 0 aliphatic carbocycles. The van der Waals surface area contributed by atoms with Crippen molar-refractivity contribution in [2.75, 3.05) is 6.54 Å². The first kappa shape index (κ1) is 12.7. The number of hydrogen-bond donors (Lipinski definition) is 2. The molecule has 0 saturated carbocycles. The van der Waals surface area contributed by atoms with Gasteiger partial charge in [-0.1, -0.05) is 6.07 Å². The molecule has 18 heavy (non-hydrogen) atoms. The summed E-state index contributed by atoms with van der Waals surface area (Å²) in [4.78, 5) is 25.3. The van der Waals surface area contributed by atoms with Crippen molar-refractivity contribution in [1.29, 1.82) is 0 Å². The summed E-state index contributed by atoms with van der Waals surface area (Å²) in [5, 5.41) is 5.12. The summed E-state index contributed by atoms with van der Waals surface area (Å²) in [5.41, 5.74) is -1.58. The predicted molar refractivity (Wildman–Crippen MR) is 67.3 cm³/mol. The van der Waals surface area contributed by atoms with Gasteiger partial charge < -0.3 is 5.32 Å². The van der Waals surface area contributed by atoms with E-state index in [0.717, 1.165) is 10.8 Å². The maximum absolute atomic E-state index is 13.0. The van der Waals surface area contributed by atoms with Crippen molar-refractivity contribution in [3.05, 3.63) is 55.2 Å². The third-order valence-electron chi connectivity index (χ3n) is 2.38. The van der Waals surface area contributed by atoms with Gasteiger partial charge in [0.05, 0.1) is 6.20 Å². The third-order valence-corrected chi connectivity index (χ3v) is 3.25. The summed E-state index contributed by atoms with van der Waals surface area (Å²) in [6.45, 7) is 1.53. The highest BCUT2D eigenvalue weighted by atomic mass is 32.1. The van der Waals surface area contributed by atoms with E-state index in [0.29, 0.717) is 19.6 Å². The molecule has 0 saturated heterocycles. The molecule has 0 spiro atoms. The molecule has 0 aliphatic heterocycles. The SMILES string of the molecule is O=c1[nH]c(=O)n(CCNCc2cccs2)cc1F. The average Bonchev–Trinajstić information content (AvgIpc) is 2.84. The number of aromatic amines is 1. The van der Waals surface area contributed by atoms with Gasteiger partial charge in [0, 0.05) is 24.5 Å². The number of rotatable bonds is 5. The quantitative estimate of drug-likeness (QED) is 0.778. The molecular weight excluding hydrogens is 257 g/mol. The molecule has 2 rings (SSSR count). The zero-order valence-electron chi connectivity index (χ0n) is 9.48. The topological polar surface area (TPSA) is 66.9 Å². The lowest BCUT2D eigenvalue weighted by atomic mass is 10.4. The summed E-state index contributed by atoms with van der Waals surface area (Å²) in [7, 11) is 0. The number of nitrogens with one attached hydrogen (secondary N) is 2. The van der Waals surface area contributed by atoms with Crippen LogP contribution in [0.2, 0.25) is 0 Å². The van der Waals surface area contributed by atoms with Crippen LogP contribution in [-0.2, 0) is 13.1 Å². The highest BCUT2D eigenvalue weighted by Gasteiger charge is 2.02. The number of thiophene rings is 1. The minimum absolute atomic E-state index is 0.303. The lowest BCUT2D eigenvalue weighted by Crippen LogP contribution is -2.33. The number of aromatic nitrogens is 2. The summed E-state index contributed by atoms with van der Waals surface area (Å²) >= 11 is 1.64. The summed E-state index contributed by atoms with van der Waals surface area (Å²) in [6, 6.07) is 3.97. The molecule has 0 fully saturated rings. The Labute approximate surface area is 106 Å². The third kappa shape index (κ3) is 3.14. The molecule has 2 N–H and O–H groups in total. The van der Waals surface area contributed by atoms with Crippen molar-refractivity contribution in [3.8, 4) is 0 Å². The van der Waals surface area contributed by atoms with Gasteiger partial charge in [0.2, 0.25) is 5.82 Å². The predicted octanol–water partition coefficient (Wildman–Crippen LogP) is 0.527. The molecule has 2 heterocycles. The molecule has 0 amide bonds. The van der Waals surface area contributed by atoms with E-state index in [9.17, 15) is 14.0 Å². The molecule has 0 aromatic carbocycles. The van der Waals surface area contributed by atoms with Crippen LogP contribution in [0.3, 0.4) is 0 Å². The molecule has 0 atom stereocenters. The summed E-state index contributed by atoms with van der Waals surface area (Å²) < 4.78 is 14.1. The smallest absolute Gasteiger partial charge is 0.310 e. The van der Waals surface area contributed by atoms with Crippen molar-refractivity contribution in [3.63, 3.8) is 0 Å². The fraction of sp³-hybridized carbons (Fsp3) is 0.273. The van der Waals surface area contributed by atoms with E-state index in [1.54, 1.807) is 11.3 Å². The Balaban J connectivity index is 1.89. The summed E-state index contributed by atoms with van der Waals surface area (Å²) in [6.07, 6.45) is 0.925. The minimum Gasteiger partial charge on any atom is -0.310 e. The second-order valence-electron chi connectivity index (χ2n) is 3.69. The van der Waals surface area contributed by atoms with Gasteiger partial charge in [-0.2, -0.15) is 4.39 Å². The highest BCUT2D eigenvalue weighted by Crippen LogP contribution is 2.06. The first-order valence-electron chi connectivity index (χ1n) is 5.39. The molecule has 2 aromatic heterocycles.